The molecule has 2 aliphatic heterocycles. The van der Waals surface area contributed by atoms with Gasteiger partial charge < -0.3 is 14.8 Å². The van der Waals surface area contributed by atoms with Crippen LogP contribution >= 0.6 is 11.6 Å². The number of hydrogen-bond donors (Lipinski definition) is 1. The number of alkyl halides is 3. The lowest BCUT2D eigenvalue weighted by Crippen LogP contribution is -2.33. The van der Waals surface area contributed by atoms with Gasteiger partial charge in [-0.1, -0.05) is 23.7 Å². The number of nitrogens with one attached hydrogen (secondary N) is 1. The number of fused-ring (bicyclic) bond motifs is 1. The van der Waals surface area contributed by atoms with Crippen molar-refractivity contribution >= 4 is 23.2 Å². The van der Waals surface area contributed by atoms with Gasteiger partial charge in [0.1, 0.15) is 0 Å². The van der Waals surface area contributed by atoms with Gasteiger partial charge in [0.25, 0.3) is 0 Å². The maximum atomic E-state index is 13.3. The Balaban J connectivity index is 1.49. The molecule has 2 aliphatic rings. The number of hydrogen-bond acceptors (Lipinski definition) is 4. The minimum Gasteiger partial charge on any atom is -0.490 e. The predicted molar refractivity (Wildman–Crippen MR) is 111 cm³/mol. The van der Waals surface area contributed by atoms with Crippen LogP contribution in [0.2, 0.25) is 5.02 Å². The lowest BCUT2D eigenvalue weighted by molar-refractivity contribution is -0.137. The van der Waals surface area contributed by atoms with Crippen molar-refractivity contribution < 1.29 is 27.4 Å². The maximum Gasteiger partial charge on any atom is 0.418 e. The number of benzene rings is 2. The lowest BCUT2D eigenvalue weighted by Gasteiger charge is -2.25. The molecular formula is C22H22ClF3N2O3. The first-order valence-electron chi connectivity index (χ1n) is 10.1. The highest BCUT2D eigenvalue weighted by Crippen LogP contribution is 2.40. The van der Waals surface area contributed by atoms with Crippen LogP contribution in [-0.2, 0) is 11.0 Å². The summed E-state index contributed by atoms with van der Waals surface area (Å²) < 4.78 is 51.3. The van der Waals surface area contributed by atoms with Crippen molar-refractivity contribution in [1.29, 1.82) is 0 Å². The zero-order valence-corrected chi connectivity index (χ0v) is 17.4. The van der Waals surface area contributed by atoms with E-state index >= 15 is 0 Å². The molecule has 1 fully saturated rings. The number of carbonyl (C=O) groups is 1. The second-order valence-electron chi connectivity index (χ2n) is 7.59. The van der Waals surface area contributed by atoms with Crippen LogP contribution in [0.1, 0.15) is 36.4 Å². The van der Waals surface area contributed by atoms with Crippen LogP contribution in [0.4, 0.5) is 18.9 Å². The Kier molecular flexibility index (Phi) is 6.29. The summed E-state index contributed by atoms with van der Waals surface area (Å²) in [5.41, 5.74) is -0.384. The van der Waals surface area contributed by atoms with Crippen LogP contribution < -0.4 is 14.8 Å². The fourth-order valence-electron chi connectivity index (χ4n) is 4.03. The molecule has 0 aromatic heterocycles. The molecule has 1 amide bonds. The monoisotopic (exact) mass is 454 g/mol. The van der Waals surface area contributed by atoms with Crippen molar-refractivity contribution in [2.24, 2.45) is 0 Å². The Bertz CT molecular complexity index is 968. The SMILES string of the molecule is O=C(CN1CCCC1c1ccc2c(c1)OCCCO2)Nc1c(Cl)cccc1C(F)(F)F. The maximum absolute atomic E-state index is 13.3. The average molecular weight is 455 g/mol. The van der Waals surface area contributed by atoms with Crippen LogP contribution in [0.15, 0.2) is 36.4 Å². The molecule has 0 aliphatic carbocycles. The van der Waals surface area contributed by atoms with Gasteiger partial charge in [0.15, 0.2) is 11.5 Å². The average Bonchev–Trinajstić information content (AvgIpc) is 3.03. The van der Waals surface area contributed by atoms with Gasteiger partial charge in [0.2, 0.25) is 5.91 Å². The van der Waals surface area contributed by atoms with E-state index in [1.807, 2.05) is 23.1 Å². The highest BCUT2D eigenvalue weighted by Gasteiger charge is 2.35. The summed E-state index contributed by atoms with van der Waals surface area (Å²) in [5, 5.41) is 2.22. The lowest BCUT2D eigenvalue weighted by atomic mass is 10.0. The summed E-state index contributed by atoms with van der Waals surface area (Å²) in [6.07, 6.45) is -2.09. The highest BCUT2D eigenvalue weighted by molar-refractivity contribution is 6.34. The van der Waals surface area contributed by atoms with Crippen molar-refractivity contribution in [3.8, 4) is 11.5 Å². The summed E-state index contributed by atoms with van der Waals surface area (Å²) in [6.45, 7) is 1.81. The summed E-state index contributed by atoms with van der Waals surface area (Å²) in [5.74, 6) is 0.832. The number of nitrogens with zero attached hydrogens (tertiary/aromatic N) is 1. The van der Waals surface area contributed by atoms with Gasteiger partial charge in [0.05, 0.1) is 36.0 Å². The second kappa shape index (κ2) is 8.96. The van der Waals surface area contributed by atoms with Crippen LogP contribution in [-0.4, -0.2) is 37.1 Å². The normalized spacial score (nSPS) is 19.2. The first-order chi connectivity index (χ1) is 14.8. The molecule has 1 atom stereocenters. The van der Waals surface area contributed by atoms with E-state index in [4.69, 9.17) is 21.1 Å². The molecule has 1 N–H and O–H groups in total. The van der Waals surface area contributed by atoms with Gasteiger partial charge in [-0.25, -0.2) is 0 Å². The third-order valence-corrected chi connectivity index (χ3v) is 5.77. The molecule has 1 unspecified atom stereocenters. The molecule has 5 nitrogen and oxygen atoms in total. The molecule has 4 rings (SSSR count). The zero-order valence-electron chi connectivity index (χ0n) is 16.7. The number of anilines is 1. The summed E-state index contributed by atoms with van der Waals surface area (Å²) in [4.78, 5) is 14.6. The Labute approximate surface area is 183 Å². The van der Waals surface area contributed by atoms with Crippen molar-refractivity contribution in [2.75, 3.05) is 31.6 Å². The highest BCUT2D eigenvalue weighted by atomic mass is 35.5. The number of rotatable bonds is 4. The van der Waals surface area contributed by atoms with Crippen LogP contribution in [0.5, 0.6) is 11.5 Å². The zero-order chi connectivity index (χ0) is 22.0. The van der Waals surface area contributed by atoms with E-state index in [9.17, 15) is 18.0 Å². The first kappa shape index (κ1) is 21.8. The number of likely N-dealkylation sites (tertiary alicyclic amines) is 1. The Morgan fingerprint density at radius 1 is 1.13 bits per heavy atom. The number of halogens is 4. The fourth-order valence-corrected chi connectivity index (χ4v) is 4.25. The van der Waals surface area contributed by atoms with Gasteiger partial charge >= 0.3 is 6.18 Å². The minimum absolute atomic E-state index is 0.0313. The van der Waals surface area contributed by atoms with Crippen molar-refractivity contribution in [2.45, 2.75) is 31.5 Å². The van der Waals surface area contributed by atoms with E-state index in [0.29, 0.717) is 31.3 Å². The molecule has 0 saturated carbocycles. The van der Waals surface area contributed by atoms with Gasteiger partial charge in [-0.05, 0) is 49.2 Å². The van der Waals surface area contributed by atoms with Crippen LogP contribution in [0.25, 0.3) is 0 Å². The molecule has 1 saturated heterocycles. The topological polar surface area (TPSA) is 50.8 Å². The van der Waals surface area contributed by atoms with Crippen molar-refractivity contribution in [3.63, 3.8) is 0 Å². The molecule has 9 heteroatoms. The second-order valence-corrected chi connectivity index (χ2v) is 8.00. The Hall–Kier alpha value is -2.45. The standard InChI is InChI=1S/C22H22ClF3N2O3/c23-16-5-1-4-15(22(24,25)26)21(16)27-20(29)13-28-9-2-6-17(28)14-7-8-18-19(12-14)31-11-3-10-30-18/h1,4-5,7-8,12,17H,2-3,6,9-11,13H2,(H,27,29). The van der Waals surface area contributed by atoms with E-state index in [2.05, 4.69) is 5.32 Å². The van der Waals surface area contributed by atoms with Crippen LogP contribution in [0, 0.1) is 0 Å². The number of para-hydroxylation sites is 1. The van der Waals surface area contributed by atoms with E-state index in [1.54, 1.807) is 0 Å². The fraction of sp³-hybridized carbons (Fsp3) is 0.409. The quantitative estimate of drug-likeness (QED) is 0.681. The van der Waals surface area contributed by atoms with E-state index in [1.165, 1.54) is 12.1 Å². The smallest absolute Gasteiger partial charge is 0.418 e. The van der Waals surface area contributed by atoms with Crippen LogP contribution in [0.3, 0.4) is 0 Å². The van der Waals surface area contributed by atoms with Gasteiger partial charge in [-0.15, -0.1) is 0 Å². The molecule has 0 spiro atoms. The number of ether oxygens (including phenoxy) is 2. The molecule has 2 aromatic rings. The number of carbonyl (C=O) groups excluding carboxylic acids is 1. The van der Waals surface area contributed by atoms with Gasteiger partial charge in [0, 0.05) is 12.5 Å². The largest absolute Gasteiger partial charge is 0.490 e. The molecule has 31 heavy (non-hydrogen) atoms. The molecule has 166 valence electrons. The van der Waals surface area contributed by atoms with Crippen molar-refractivity contribution in [1.82, 2.24) is 4.90 Å². The van der Waals surface area contributed by atoms with Gasteiger partial charge in [-0.2, -0.15) is 13.2 Å². The predicted octanol–water partition coefficient (Wildman–Crippen LogP) is 5.30. The third kappa shape index (κ3) is 4.91. The van der Waals surface area contributed by atoms with Crippen molar-refractivity contribution in [3.05, 3.63) is 52.5 Å². The molecule has 2 aromatic carbocycles. The third-order valence-electron chi connectivity index (χ3n) is 5.45. The summed E-state index contributed by atoms with van der Waals surface area (Å²) >= 11 is 5.95. The molecule has 0 bridgehead atoms. The molecule has 2 heterocycles. The molecule has 0 radical (unpaired) electrons. The Morgan fingerprint density at radius 3 is 2.68 bits per heavy atom. The Morgan fingerprint density at radius 2 is 1.90 bits per heavy atom. The summed E-state index contributed by atoms with van der Waals surface area (Å²) in [6, 6.07) is 9.14. The first-order valence-corrected chi connectivity index (χ1v) is 10.5. The number of amides is 1. The molecular weight excluding hydrogens is 433 g/mol. The summed E-state index contributed by atoms with van der Waals surface area (Å²) in [7, 11) is 0. The van der Waals surface area contributed by atoms with E-state index < -0.39 is 23.3 Å². The van der Waals surface area contributed by atoms with E-state index in [-0.39, 0.29) is 17.6 Å². The van der Waals surface area contributed by atoms with E-state index in [0.717, 1.165) is 30.9 Å². The van der Waals surface area contributed by atoms with Gasteiger partial charge in [-0.3, -0.25) is 9.69 Å². The minimum atomic E-state index is -4.62.